The van der Waals surface area contributed by atoms with Crippen molar-refractivity contribution in [3.05, 3.63) is 62.8 Å². The maximum Gasteiger partial charge on any atom is 0.313 e. The summed E-state index contributed by atoms with van der Waals surface area (Å²) in [6.07, 6.45) is 0.809. The summed E-state index contributed by atoms with van der Waals surface area (Å²) in [5.41, 5.74) is -0.848. The largest absolute Gasteiger partial charge is 0.480 e. The number of carbonyl (C=O) groups excluding carboxylic acids is 1. The monoisotopic (exact) mass is 643 g/mol. The Bertz CT molecular complexity index is 1280. The lowest BCUT2D eigenvalue weighted by molar-refractivity contribution is -0.178. The number of carbonyl (C=O) groups is 1. The minimum atomic E-state index is -1.44. The zero-order valence-electron chi connectivity index (χ0n) is 23.4. The van der Waals surface area contributed by atoms with E-state index in [1.54, 1.807) is 20.8 Å². The van der Waals surface area contributed by atoms with E-state index in [1.165, 1.54) is 6.07 Å². The Kier molecular flexibility index (Phi) is 8.36. The molecule has 2 aromatic carbocycles. The molecule has 214 valence electrons. The van der Waals surface area contributed by atoms with E-state index in [2.05, 4.69) is 15.9 Å². The molecule has 0 spiro atoms. The Hall–Kier alpha value is -1.52. The standard InChI is InChI=1S/C29H36BrClFNO5S/c1-26(2,3)25(34)36-17-37-28(7)15-22(33(16-28)39(35)27(4,5)6)29(18-11-9-8-10-12-18)14-19-21(38-29)13-20(32)24(31)23(19)30/h8-13,22H,14-17H2,1-7H3. The van der Waals surface area contributed by atoms with Crippen LogP contribution in [-0.4, -0.2) is 44.2 Å². The summed E-state index contributed by atoms with van der Waals surface area (Å²) in [6, 6.07) is 10.6. The number of esters is 1. The third-order valence-corrected chi connectivity index (χ3v) is 10.5. The number of rotatable bonds is 6. The Morgan fingerprint density at radius 2 is 1.87 bits per heavy atom. The third kappa shape index (κ3) is 5.94. The number of hydrogen-bond acceptors (Lipinski definition) is 5. The molecule has 4 rings (SSSR count). The van der Waals surface area contributed by atoms with Crippen LogP contribution in [0.1, 0.15) is 66.0 Å². The van der Waals surface area contributed by atoms with Crippen LogP contribution < -0.4 is 4.74 Å². The second-order valence-corrected chi connectivity index (χ2v) is 15.9. The van der Waals surface area contributed by atoms with Crippen LogP contribution in [0.2, 0.25) is 5.02 Å². The molecule has 4 atom stereocenters. The minimum absolute atomic E-state index is 0.00315. The Balaban J connectivity index is 1.76. The number of hydrogen-bond donors (Lipinski definition) is 0. The van der Waals surface area contributed by atoms with Crippen molar-refractivity contribution < 1.29 is 27.6 Å². The summed E-state index contributed by atoms with van der Waals surface area (Å²) in [6.45, 7) is 13.1. The zero-order valence-corrected chi connectivity index (χ0v) is 26.6. The van der Waals surface area contributed by atoms with Gasteiger partial charge < -0.3 is 14.2 Å². The van der Waals surface area contributed by atoms with Crippen molar-refractivity contribution in [3.63, 3.8) is 0 Å². The van der Waals surface area contributed by atoms with Crippen LogP contribution >= 0.6 is 27.5 Å². The average molecular weight is 645 g/mol. The van der Waals surface area contributed by atoms with Crippen LogP contribution in [0.5, 0.6) is 5.75 Å². The van der Waals surface area contributed by atoms with Gasteiger partial charge in [-0.1, -0.05) is 41.9 Å². The molecule has 10 heteroatoms. The van der Waals surface area contributed by atoms with E-state index in [4.69, 9.17) is 25.8 Å². The molecule has 2 heterocycles. The molecule has 1 fully saturated rings. The molecule has 2 aliphatic heterocycles. The summed E-state index contributed by atoms with van der Waals surface area (Å²) in [7, 11) is -1.44. The predicted molar refractivity (Wildman–Crippen MR) is 154 cm³/mol. The van der Waals surface area contributed by atoms with Crippen LogP contribution in [0, 0.1) is 11.2 Å². The molecule has 0 saturated carbocycles. The van der Waals surface area contributed by atoms with E-state index in [9.17, 15) is 13.4 Å². The smallest absolute Gasteiger partial charge is 0.313 e. The SMILES string of the molecule is CC1(OCOC(=O)C(C)(C)C)CC(C2(c3ccccc3)Cc3c(cc(F)c(Cl)c3Br)O2)N(S(=O)C(C)(C)C)C1. The first-order valence-electron chi connectivity index (χ1n) is 12.9. The zero-order chi connectivity index (χ0) is 29.0. The average Bonchev–Trinajstić information content (AvgIpc) is 3.41. The summed E-state index contributed by atoms with van der Waals surface area (Å²) in [5, 5.41) is -0.00315. The van der Waals surface area contributed by atoms with Crippen molar-refractivity contribution in [2.75, 3.05) is 13.3 Å². The summed E-state index contributed by atoms with van der Waals surface area (Å²) in [5.74, 6) is -0.556. The first-order valence-corrected chi connectivity index (χ1v) is 15.2. The second-order valence-electron chi connectivity index (χ2n) is 12.5. The lowest BCUT2D eigenvalue weighted by Crippen LogP contribution is -2.53. The minimum Gasteiger partial charge on any atom is -0.480 e. The van der Waals surface area contributed by atoms with E-state index in [1.807, 2.05) is 62.3 Å². The van der Waals surface area contributed by atoms with Crippen molar-refractivity contribution in [1.82, 2.24) is 4.31 Å². The van der Waals surface area contributed by atoms with Gasteiger partial charge in [-0.05, 0) is 76.4 Å². The molecule has 0 aliphatic carbocycles. The highest BCUT2D eigenvalue weighted by Crippen LogP contribution is 2.53. The maximum absolute atomic E-state index is 14.7. The molecule has 2 aliphatic rings. The topological polar surface area (TPSA) is 65.1 Å². The van der Waals surface area contributed by atoms with Gasteiger partial charge in [-0.2, -0.15) is 0 Å². The van der Waals surface area contributed by atoms with Crippen molar-refractivity contribution in [2.24, 2.45) is 5.41 Å². The molecule has 39 heavy (non-hydrogen) atoms. The molecule has 1 saturated heterocycles. The van der Waals surface area contributed by atoms with Gasteiger partial charge in [0.1, 0.15) is 22.6 Å². The van der Waals surface area contributed by atoms with E-state index in [0.29, 0.717) is 29.6 Å². The van der Waals surface area contributed by atoms with Gasteiger partial charge in [0, 0.05) is 29.1 Å². The van der Waals surface area contributed by atoms with Crippen molar-refractivity contribution in [2.45, 2.75) is 83.3 Å². The van der Waals surface area contributed by atoms with Crippen LogP contribution in [0.3, 0.4) is 0 Å². The fourth-order valence-electron chi connectivity index (χ4n) is 5.11. The Morgan fingerprint density at radius 1 is 1.23 bits per heavy atom. The third-order valence-electron chi connectivity index (χ3n) is 7.16. The van der Waals surface area contributed by atoms with Gasteiger partial charge in [-0.25, -0.2) is 12.9 Å². The van der Waals surface area contributed by atoms with Gasteiger partial charge in [0.2, 0.25) is 0 Å². The number of nitrogens with zero attached hydrogens (tertiary/aromatic N) is 1. The Morgan fingerprint density at radius 3 is 2.46 bits per heavy atom. The lowest BCUT2D eigenvalue weighted by Gasteiger charge is -2.41. The van der Waals surface area contributed by atoms with Crippen LogP contribution in [0.25, 0.3) is 0 Å². The molecule has 0 radical (unpaired) electrons. The molecule has 0 bridgehead atoms. The van der Waals surface area contributed by atoms with Gasteiger partial charge in [-0.15, -0.1) is 0 Å². The number of ether oxygens (including phenoxy) is 3. The summed E-state index contributed by atoms with van der Waals surface area (Å²) in [4.78, 5) is 12.3. The van der Waals surface area contributed by atoms with E-state index >= 15 is 0 Å². The van der Waals surface area contributed by atoms with Gasteiger partial charge in [-0.3, -0.25) is 4.79 Å². The molecule has 0 N–H and O–H groups in total. The molecule has 4 unspecified atom stereocenters. The molecule has 2 aromatic rings. The maximum atomic E-state index is 14.7. The first kappa shape index (κ1) is 30.4. The highest BCUT2D eigenvalue weighted by atomic mass is 79.9. The highest BCUT2D eigenvalue weighted by Gasteiger charge is 2.59. The highest BCUT2D eigenvalue weighted by molar-refractivity contribution is 9.10. The van der Waals surface area contributed by atoms with E-state index < -0.39 is 44.2 Å². The molecular weight excluding hydrogens is 609 g/mol. The van der Waals surface area contributed by atoms with Crippen LogP contribution in [-0.2, 0) is 37.3 Å². The number of fused-ring (bicyclic) bond motifs is 1. The van der Waals surface area contributed by atoms with Gasteiger partial charge in [0.25, 0.3) is 0 Å². The first-order chi connectivity index (χ1) is 18.0. The van der Waals surface area contributed by atoms with Crippen LogP contribution in [0.15, 0.2) is 40.9 Å². The van der Waals surface area contributed by atoms with Crippen molar-refractivity contribution in [1.29, 1.82) is 0 Å². The number of benzene rings is 2. The van der Waals surface area contributed by atoms with Crippen LogP contribution in [0.4, 0.5) is 4.39 Å². The molecule has 6 nitrogen and oxygen atoms in total. The van der Waals surface area contributed by atoms with Gasteiger partial charge in [0.15, 0.2) is 12.4 Å². The second kappa shape index (κ2) is 10.7. The summed E-state index contributed by atoms with van der Waals surface area (Å²) >= 11 is 9.74. The Labute approximate surface area is 246 Å². The quantitative estimate of drug-likeness (QED) is 0.194. The molecule has 0 aromatic heterocycles. The summed E-state index contributed by atoms with van der Waals surface area (Å²) < 4.78 is 48.8. The van der Waals surface area contributed by atoms with E-state index in [0.717, 1.165) is 11.1 Å². The van der Waals surface area contributed by atoms with Crippen molar-refractivity contribution in [3.8, 4) is 5.75 Å². The van der Waals surface area contributed by atoms with Crippen molar-refractivity contribution >= 4 is 44.5 Å². The molecule has 0 amide bonds. The number of halogens is 3. The fraction of sp³-hybridized carbons (Fsp3) is 0.552. The van der Waals surface area contributed by atoms with E-state index in [-0.39, 0.29) is 17.8 Å². The predicted octanol–water partition coefficient (Wildman–Crippen LogP) is 6.93. The fourth-order valence-corrected chi connectivity index (χ4v) is 7.37. The molecular formula is C29H36BrClFNO5S. The lowest BCUT2D eigenvalue weighted by atomic mass is 9.80. The van der Waals surface area contributed by atoms with Gasteiger partial charge >= 0.3 is 5.97 Å². The normalized spacial score (nSPS) is 26.3. The van der Waals surface area contributed by atoms with Gasteiger partial charge in [0.05, 0.1) is 26.8 Å².